The van der Waals surface area contributed by atoms with Gasteiger partial charge in [-0.15, -0.1) is 0 Å². The van der Waals surface area contributed by atoms with Crippen molar-refractivity contribution in [2.75, 3.05) is 25.1 Å². The fourth-order valence-electron chi connectivity index (χ4n) is 3.41. The molecule has 148 valence electrons. The summed E-state index contributed by atoms with van der Waals surface area (Å²) >= 11 is 8.47. The minimum Gasteiger partial charge on any atom is -0.334 e. The maximum atomic E-state index is 14.4. The van der Waals surface area contributed by atoms with E-state index in [1.165, 1.54) is 18.4 Å². The third-order valence-electron chi connectivity index (χ3n) is 4.71. The van der Waals surface area contributed by atoms with Crippen LogP contribution in [-0.2, 0) is 29.2 Å². The summed E-state index contributed by atoms with van der Waals surface area (Å²) in [6, 6.07) is 2.63. The Balaban J connectivity index is 1.71. The van der Waals surface area contributed by atoms with Crippen molar-refractivity contribution < 1.29 is 17.2 Å². The van der Waals surface area contributed by atoms with Crippen LogP contribution in [0.2, 0.25) is 0 Å². The molecule has 2 N–H and O–H groups in total. The van der Waals surface area contributed by atoms with Crippen LogP contribution >= 0.6 is 28.1 Å². The van der Waals surface area contributed by atoms with E-state index in [0.717, 1.165) is 11.4 Å². The van der Waals surface area contributed by atoms with Crippen molar-refractivity contribution in [2.24, 2.45) is 0 Å². The lowest BCUT2D eigenvalue weighted by Gasteiger charge is -2.13. The number of halogens is 3. The number of hydrogen-bond donors (Lipinski definition) is 2. The van der Waals surface area contributed by atoms with Gasteiger partial charge in [0.15, 0.2) is 4.77 Å². The summed E-state index contributed by atoms with van der Waals surface area (Å²) in [6.07, 6.45) is 2.33. The first kappa shape index (κ1) is 20.6. The van der Waals surface area contributed by atoms with Gasteiger partial charge in [-0.3, -0.25) is 0 Å². The Hall–Kier alpha value is -1.10. The Morgan fingerprint density at radius 2 is 2.11 bits per heavy atom. The van der Waals surface area contributed by atoms with Crippen LogP contribution < -0.4 is 5.32 Å². The lowest BCUT2D eigenvalue weighted by atomic mass is 9.95. The Kier molecular flexibility index (Phi) is 6.19. The average Bonchev–Trinajstić information content (AvgIpc) is 3.12. The molecule has 0 fully saturated rings. The zero-order valence-corrected chi connectivity index (χ0v) is 17.9. The molecule has 2 aromatic rings. The molecule has 3 rings (SSSR count). The predicted octanol–water partition coefficient (Wildman–Crippen LogP) is 3.10. The molecule has 0 saturated heterocycles. The fraction of sp³-hybridized carbons (Fsp3) is 0.471. The Labute approximate surface area is 170 Å². The standard InChI is InChI=1S/C17H20BrF2N3O2S2/c1-27(24,25)7-6-21-5-4-13-14-8-10(9-23(14)17(26)22-13)15-12(19)3-2-11(18)16(15)20/h2-3,10,21H,4-9H2,1H3,(H,22,26)/t10-/m0/s1. The zero-order chi connectivity index (χ0) is 19.8. The van der Waals surface area contributed by atoms with Crippen LogP contribution in [0.4, 0.5) is 8.78 Å². The van der Waals surface area contributed by atoms with Gasteiger partial charge in [-0.1, -0.05) is 0 Å². The number of imidazole rings is 1. The second-order valence-electron chi connectivity index (χ2n) is 6.75. The van der Waals surface area contributed by atoms with Crippen LogP contribution in [0.25, 0.3) is 0 Å². The van der Waals surface area contributed by atoms with E-state index in [9.17, 15) is 17.2 Å². The third-order valence-corrected chi connectivity index (χ3v) is 6.59. The number of sulfone groups is 1. The molecule has 0 saturated carbocycles. The second kappa shape index (κ2) is 8.10. The molecule has 1 atom stereocenters. The number of hydrogen-bond acceptors (Lipinski definition) is 4. The number of H-pyrrole nitrogens is 1. The van der Waals surface area contributed by atoms with Crippen LogP contribution in [0.3, 0.4) is 0 Å². The van der Waals surface area contributed by atoms with Gasteiger partial charge in [0.05, 0.1) is 10.2 Å². The monoisotopic (exact) mass is 479 g/mol. The summed E-state index contributed by atoms with van der Waals surface area (Å²) in [5.74, 6) is -1.35. The molecular weight excluding hydrogens is 460 g/mol. The predicted molar refractivity (Wildman–Crippen MR) is 106 cm³/mol. The molecule has 1 aliphatic rings. The van der Waals surface area contributed by atoms with E-state index in [2.05, 4.69) is 26.2 Å². The first-order valence-electron chi connectivity index (χ1n) is 8.49. The smallest absolute Gasteiger partial charge is 0.177 e. The minimum atomic E-state index is -2.99. The van der Waals surface area contributed by atoms with Gasteiger partial charge in [0, 0.05) is 55.2 Å². The largest absolute Gasteiger partial charge is 0.334 e. The van der Waals surface area contributed by atoms with Gasteiger partial charge >= 0.3 is 0 Å². The Bertz CT molecular complexity index is 1020. The molecule has 1 aliphatic heterocycles. The second-order valence-corrected chi connectivity index (χ2v) is 10.3. The van der Waals surface area contributed by atoms with Crippen molar-refractivity contribution in [2.45, 2.75) is 25.3 Å². The van der Waals surface area contributed by atoms with E-state index < -0.39 is 21.5 Å². The van der Waals surface area contributed by atoms with Crippen LogP contribution in [-0.4, -0.2) is 43.1 Å². The van der Waals surface area contributed by atoms with Crippen LogP contribution in [0.5, 0.6) is 0 Å². The van der Waals surface area contributed by atoms with E-state index in [4.69, 9.17) is 12.2 Å². The number of nitrogens with one attached hydrogen (secondary N) is 2. The summed E-state index contributed by atoms with van der Waals surface area (Å²) in [4.78, 5) is 3.16. The van der Waals surface area contributed by atoms with Gasteiger partial charge < -0.3 is 14.9 Å². The zero-order valence-electron chi connectivity index (χ0n) is 14.7. The number of benzene rings is 1. The number of nitrogens with zero attached hydrogens (tertiary/aromatic N) is 1. The third kappa shape index (κ3) is 4.67. The summed E-state index contributed by atoms with van der Waals surface area (Å²) in [7, 11) is -2.99. The van der Waals surface area contributed by atoms with Gasteiger partial charge in [0.25, 0.3) is 0 Å². The quantitative estimate of drug-likeness (QED) is 0.363. The first-order valence-corrected chi connectivity index (χ1v) is 11.8. The molecule has 0 aliphatic carbocycles. The van der Waals surface area contributed by atoms with E-state index in [-0.39, 0.29) is 21.7 Å². The maximum Gasteiger partial charge on any atom is 0.177 e. The van der Waals surface area contributed by atoms with Gasteiger partial charge in [-0.2, -0.15) is 0 Å². The number of aromatic amines is 1. The number of aromatic nitrogens is 2. The molecule has 1 aromatic heterocycles. The highest BCUT2D eigenvalue weighted by molar-refractivity contribution is 9.10. The van der Waals surface area contributed by atoms with Crippen molar-refractivity contribution >= 4 is 38.0 Å². The van der Waals surface area contributed by atoms with E-state index >= 15 is 0 Å². The molecule has 0 bridgehead atoms. The highest BCUT2D eigenvalue weighted by Crippen LogP contribution is 2.36. The lowest BCUT2D eigenvalue weighted by Crippen LogP contribution is -2.24. The van der Waals surface area contributed by atoms with Gasteiger partial charge in [0.2, 0.25) is 0 Å². The van der Waals surface area contributed by atoms with E-state index in [0.29, 0.717) is 37.2 Å². The molecule has 0 unspecified atom stereocenters. The van der Waals surface area contributed by atoms with Crippen LogP contribution in [0, 0.1) is 16.4 Å². The molecule has 0 spiro atoms. The average molecular weight is 480 g/mol. The van der Waals surface area contributed by atoms with Gasteiger partial charge in [-0.25, -0.2) is 17.2 Å². The van der Waals surface area contributed by atoms with Crippen molar-refractivity contribution in [3.8, 4) is 0 Å². The summed E-state index contributed by atoms with van der Waals surface area (Å²) < 4.78 is 53.6. The highest BCUT2D eigenvalue weighted by Gasteiger charge is 2.31. The molecule has 1 aromatic carbocycles. The minimum absolute atomic E-state index is 0.0831. The molecule has 2 heterocycles. The Morgan fingerprint density at radius 1 is 1.37 bits per heavy atom. The fourth-order valence-corrected chi connectivity index (χ4v) is 4.58. The van der Waals surface area contributed by atoms with Gasteiger partial charge in [0.1, 0.15) is 21.5 Å². The molecule has 27 heavy (non-hydrogen) atoms. The Morgan fingerprint density at radius 3 is 2.81 bits per heavy atom. The SMILES string of the molecule is CS(=O)(=O)CCNCCc1[nH]c(=S)n2c1C[C@H](c1c(F)ccc(Br)c1F)C2. The maximum absolute atomic E-state index is 14.4. The van der Waals surface area contributed by atoms with Crippen molar-refractivity contribution in [3.05, 3.63) is 50.0 Å². The van der Waals surface area contributed by atoms with Crippen molar-refractivity contribution in [3.63, 3.8) is 0 Å². The van der Waals surface area contributed by atoms with Crippen LogP contribution in [0.15, 0.2) is 16.6 Å². The normalized spacial score (nSPS) is 16.7. The van der Waals surface area contributed by atoms with Crippen molar-refractivity contribution in [1.82, 2.24) is 14.9 Å². The molecule has 0 radical (unpaired) electrons. The summed E-state index contributed by atoms with van der Waals surface area (Å²) in [5, 5.41) is 3.09. The molecule has 5 nitrogen and oxygen atoms in total. The molecular formula is C17H20BrF2N3O2S2. The molecule has 10 heteroatoms. The van der Waals surface area contributed by atoms with Crippen LogP contribution in [0.1, 0.15) is 22.9 Å². The summed E-state index contributed by atoms with van der Waals surface area (Å²) in [6.45, 7) is 1.39. The van der Waals surface area contributed by atoms with Crippen molar-refractivity contribution in [1.29, 1.82) is 0 Å². The lowest BCUT2D eigenvalue weighted by molar-refractivity contribution is 0.509. The summed E-state index contributed by atoms with van der Waals surface area (Å²) in [5.41, 5.74) is 1.96. The first-order chi connectivity index (χ1) is 12.7. The molecule has 0 amide bonds. The van der Waals surface area contributed by atoms with Gasteiger partial charge in [-0.05, 0) is 46.7 Å². The number of rotatable bonds is 7. The van der Waals surface area contributed by atoms with E-state index in [1.807, 2.05) is 4.57 Å². The van der Waals surface area contributed by atoms with E-state index in [1.54, 1.807) is 0 Å². The topological polar surface area (TPSA) is 66.9 Å². The number of fused-ring (bicyclic) bond motifs is 1. The highest BCUT2D eigenvalue weighted by atomic mass is 79.9.